The third-order valence-corrected chi connectivity index (χ3v) is 6.06. The lowest BCUT2D eigenvalue weighted by Crippen LogP contribution is -2.33. The highest BCUT2D eigenvalue weighted by molar-refractivity contribution is 6.31. The van der Waals surface area contributed by atoms with Crippen LogP contribution in [0.4, 0.5) is 0 Å². The molecule has 30 heavy (non-hydrogen) atoms. The van der Waals surface area contributed by atoms with Crippen LogP contribution in [-0.4, -0.2) is 17.5 Å². The third kappa shape index (κ3) is 2.89. The van der Waals surface area contributed by atoms with Gasteiger partial charge in [-0.25, -0.2) is 5.01 Å². The summed E-state index contributed by atoms with van der Waals surface area (Å²) in [5.74, 6) is 2.31. The second kappa shape index (κ2) is 6.83. The summed E-state index contributed by atoms with van der Waals surface area (Å²) in [4.78, 5) is 0. The van der Waals surface area contributed by atoms with Gasteiger partial charge in [0.15, 0.2) is 11.5 Å². The molecule has 6 rings (SSSR count). The normalized spacial score (nSPS) is 21.0. The van der Waals surface area contributed by atoms with Crippen molar-refractivity contribution in [3.8, 4) is 17.2 Å². The van der Waals surface area contributed by atoms with Gasteiger partial charge in [-0.05, 0) is 48.5 Å². The highest BCUT2D eigenvalue weighted by Crippen LogP contribution is 2.48. The second-order valence-corrected chi connectivity index (χ2v) is 8.29. The molecule has 7 heteroatoms. The minimum absolute atomic E-state index is 0.0110. The molecule has 3 aliphatic rings. The summed E-state index contributed by atoms with van der Waals surface area (Å²) in [6, 6.07) is 19.3. The molecule has 0 spiro atoms. The number of rotatable bonds is 2. The largest absolute Gasteiger partial charge is 0.464 e. The Kier molecular flexibility index (Phi) is 4.08. The second-order valence-electron chi connectivity index (χ2n) is 7.42. The number of hydrogen-bond acceptors (Lipinski definition) is 5. The Morgan fingerprint density at radius 1 is 0.867 bits per heavy atom. The molecule has 0 saturated carbocycles. The van der Waals surface area contributed by atoms with E-state index < -0.39 is 0 Å². The van der Waals surface area contributed by atoms with Gasteiger partial charge in [-0.2, -0.15) is 5.10 Å². The highest BCUT2D eigenvalue weighted by atomic mass is 35.5. The topological polar surface area (TPSA) is 43.3 Å². The van der Waals surface area contributed by atoms with Crippen LogP contribution in [0.2, 0.25) is 10.0 Å². The van der Waals surface area contributed by atoms with E-state index in [9.17, 15) is 0 Å². The van der Waals surface area contributed by atoms with Crippen LogP contribution in [0.1, 0.15) is 35.4 Å². The molecule has 0 amide bonds. The van der Waals surface area contributed by atoms with Crippen LogP contribution >= 0.6 is 23.2 Å². The van der Waals surface area contributed by atoms with Gasteiger partial charge in [-0.15, -0.1) is 0 Å². The zero-order valence-electron chi connectivity index (χ0n) is 15.7. The summed E-state index contributed by atoms with van der Waals surface area (Å²) < 4.78 is 17.3. The van der Waals surface area contributed by atoms with Crippen molar-refractivity contribution in [2.45, 2.75) is 18.7 Å². The monoisotopic (exact) mass is 438 g/mol. The first-order chi connectivity index (χ1) is 14.7. The van der Waals surface area contributed by atoms with Gasteiger partial charge in [0, 0.05) is 33.2 Å². The molecule has 0 bridgehead atoms. The van der Waals surface area contributed by atoms with E-state index in [1.54, 1.807) is 0 Å². The maximum absolute atomic E-state index is 6.36. The summed E-state index contributed by atoms with van der Waals surface area (Å²) in [5.41, 5.74) is 3.94. The van der Waals surface area contributed by atoms with Gasteiger partial charge in [-0.1, -0.05) is 35.3 Å². The first-order valence-electron chi connectivity index (χ1n) is 9.63. The van der Waals surface area contributed by atoms with Crippen LogP contribution in [0.5, 0.6) is 17.2 Å². The van der Waals surface area contributed by atoms with Crippen molar-refractivity contribution >= 4 is 28.9 Å². The number of benzene rings is 3. The van der Waals surface area contributed by atoms with Gasteiger partial charge in [0.05, 0.1) is 11.8 Å². The predicted molar refractivity (Wildman–Crippen MR) is 115 cm³/mol. The summed E-state index contributed by atoms with van der Waals surface area (Å²) in [7, 11) is 0. The quantitative estimate of drug-likeness (QED) is 0.494. The number of hydrogen-bond donors (Lipinski definition) is 0. The first kappa shape index (κ1) is 17.9. The van der Waals surface area contributed by atoms with Gasteiger partial charge in [0.1, 0.15) is 5.75 Å². The molecular formula is C23H16Cl2N2O3. The third-order valence-electron chi connectivity index (χ3n) is 5.59. The molecule has 0 unspecified atom stereocenters. The van der Waals surface area contributed by atoms with Crippen molar-refractivity contribution in [1.82, 2.24) is 5.01 Å². The molecule has 5 nitrogen and oxygen atoms in total. The zero-order chi connectivity index (χ0) is 20.2. The Morgan fingerprint density at radius 3 is 2.60 bits per heavy atom. The van der Waals surface area contributed by atoms with E-state index in [0.717, 1.165) is 46.1 Å². The number of nitrogens with zero attached hydrogens (tertiary/aromatic N) is 2. The van der Waals surface area contributed by atoms with Crippen LogP contribution in [0, 0.1) is 0 Å². The van der Waals surface area contributed by atoms with Gasteiger partial charge >= 0.3 is 0 Å². The molecular weight excluding hydrogens is 423 g/mol. The maximum atomic E-state index is 6.36. The Bertz CT molecular complexity index is 1200. The van der Waals surface area contributed by atoms with E-state index in [1.165, 1.54) is 0 Å². The first-order valence-corrected chi connectivity index (χ1v) is 10.4. The lowest BCUT2D eigenvalue weighted by Gasteiger charge is -2.38. The molecule has 0 saturated heterocycles. The Morgan fingerprint density at radius 2 is 1.70 bits per heavy atom. The molecule has 3 aromatic carbocycles. The van der Waals surface area contributed by atoms with Crippen LogP contribution < -0.4 is 14.2 Å². The molecule has 3 aromatic rings. The molecule has 0 radical (unpaired) electrons. The zero-order valence-corrected chi connectivity index (χ0v) is 17.2. The van der Waals surface area contributed by atoms with Crippen LogP contribution in [0.15, 0.2) is 65.8 Å². The van der Waals surface area contributed by atoms with Crippen molar-refractivity contribution < 1.29 is 14.2 Å². The molecule has 0 aliphatic carbocycles. The number of fused-ring (bicyclic) bond motifs is 4. The van der Waals surface area contributed by atoms with Crippen molar-refractivity contribution in [2.75, 3.05) is 6.79 Å². The van der Waals surface area contributed by atoms with E-state index in [1.807, 2.05) is 65.7 Å². The summed E-state index contributed by atoms with van der Waals surface area (Å²) in [5, 5.41) is 8.31. The molecule has 3 aliphatic heterocycles. The van der Waals surface area contributed by atoms with Crippen molar-refractivity contribution in [3.05, 3.63) is 87.4 Å². The number of halogens is 2. The maximum Gasteiger partial charge on any atom is 0.231 e. The highest BCUT2D eigenvalue weighted by Gasteiger charge is 2.41. The lowest BCUT2D eigenvalue weighted by molar-refractivity contribution is -0.0190. The van der Waals surface area contributed by atoms with Crippen molar-refractivity contribution in [3.63, 3.8) is 0 Å². The van der Waals surface area contributed by atoms with E-state index in [0.29, 0.717) is 10.0 Å². The standard InChI is InChI=1S/C23H16Cl2N2O3/c24-15-3-1-2-14(8-15)23-27-19(17-10-16(25)5-7-20(17)30-23)11-18(26-27)13-4-6-21-22(9-13)29-12-28-21/h1-10,19,23H,11-12H2/t19-,23-/m0/s1. The molecule has 150 valence electrons. The Hall–Kier alpha value is -2.89. The summed E-state index contributed by atoms with van der Waals surface area (Å²) in [6.07, 6.45) is 0.349. The van der Waals surface area contributed by atoms with Crippen molar-refractivity contribution in [1.29, 1.82) is 0 Å². The fraction of sp³-hybridized carbons (Fsp3) is 0.174. The van der Waals surface area contributed by atoms with E-state index in [4.69, 9.17) is 42.5 Å². The average Bonchev–Trinajstić information content (AvgIpc) is 3.40. The fourth-order valence-electron chi connectivity index (χ4n) is 4.19. The van der Waals surface area contributed by atoms with E-state index >= 15 is 0 Å². The minimum atomic E-state index is -0.381. The molecule has 3 heterocycles. The molecule has 2 atom stereocenters. The SMILES string of the molecule is Clc1cccc([C@@H]2Oc3ccc(Cl)cc3[C@@H]3CC(c4ccc5c(c4)OCO5)=NN32)c1. The smallest absolute Gasteiger partial charge is 0.231 e. The van der Waals surface area contributed by atoms with Crippen LogP contribution in [0.25, 0.3) is 0 Å². The van der Waals surface area contributed by atoms with E-state index in [-0.39, 0.29) is 19.1 Å². The average molecular weight is 439 g/mol. The number of hydrazone groups is 1. The summed E-state index contributed by atoms with van der Waals surface area (Å²) in [6.45, 7) is 0.247. The van der Waals surface area contributed by atoms with Gasteiger partial charge < -0.3 is 14.2 Å². The van der Waals surface area contributed by atoms with Crippen LogP contribution in [0.3, 0.4) is 0 Å². The molecule has 0 aromatic heterocycles. The summed E-state index contributed by atoms with van der Waals surface area (Å²) >= 11 is 12.6. The van der Waals surface area contributed by atoms with Gasteiger partial charge in [0.2, 0.25) is 13.0 Å². The van der Waals surface area contributed by atoms with Gasteiger partial charge in [-0.3, -0.25) is 0 Å². The number of ether oxygens (including phenoxy) is 3. The van der Waals surface area contributed by atoms with Crippen molar-refractivity contribution in [2.24, 2.45) is 5.10 Å². The Balaban J connectivity index is 1.44. The molecule has 0 N–H and O–H groups in total. The minimum Gasteiger partial charge on any atom is -0.464 e. The lowest BCUT2D eigenvalue weighted by atomic mass is 9.95. The van der Waals surface area contributed by atoms with E-state index in [2.05, 4.69) is 0 Å². The fourth-order valence-corrected chi connectivity index (χ4v) is 4.57. The predicted octanol–water partition coefficient (Wildman–Crippen LogP) is 5.96. The molecule has 0 fully saturated rings. The van der Waals surface area contributed by atoms with Gasteiger partial charge in [0.25, 0.3) is 0 Å². The Labute approximate surface area is 183 Å². The van der Waals surface area contributed by atoms with Crippen LogP contribution in [-0.2, 0) is 0 Å².